The minimum absolute atomic E-state index is 0.723. The van der Waals surface area contributed by atoms with Crippen molar-refractivity contribution in [3.63, 3.8) is 0 Å². The Kier molecular flexibility index (Phi) is 4.43. The summed E-state index contributed by atoms with van der Waals surface area (Å²) in [6.45, 7) is 3.23. The van der Waals surface area contributed by atoms with Crippen LogP contribution in [0.2, 0.25) is 0 Å². The Morgan fingerprint density at radius 2 is 2.17 bits per heavy atom. The van der Waals surface area contributed by atoms with Crippen LogP contribution in [0.4, 0.5) is 5.82 Å². The molecule has 98 valence electrons. The van der Waals surface area contributed by atoms with Gasteiger partial charge in [-0.05, 0) is 0 Å². The summed E-state index contributed by atoms with van der Waals surface area (Å²) in [6.07, 6.45) is 3.32. The van der Waals surface area contributed by atoms with E-state index in [0.717, 1.165) is 43.1 Å². The highest BCUT2D eigenvalue weighted by Crippen LogP contribution is 2.16. The van der Waals surface area contributed by atoms with Crippen molar-refractivity contribution in [2.24, 2.45) is 7.05 Å². The number of aromatic nitrogens is 4. The van der Waals surface area contributed by atoms with E-state index >= 15 is 0 Å². The minimum atomic E-state index is 0.723. The largest absolute Gasteiger partial charge is 0.383 e. The summed E-state index contributed by atoms with van der Waals surface area (Å²) in [5.74, 6) is 0.821. The van der Waals surface area contributed by atoms with Gasteiger partial charge in [0.15, 0.2) is 5.65 Å². The first kappa shape index (κ1) is 12.7. The SMILES string of the molecule is COCCNCCNc1ncnc2c1cnn2C. The molecule has 0 aliphatic carbocycles. The molecule has 0 atom stereocenters. The van der Waals surface area contributed by atoms with Gasteiger partial charge in [-0.3, -0.25) is 4.68 Å². The van der Waals surface area contributed by atoms with Gasteiger partial charge < -0.3 is 15.4 Å². The second-order valence-electron chi connectivity index (χ2n) is 3.90. The molecule has 0 aromatic carbocycles. The van der Waals surface area contributed by atoms with Gasteiger partial charge >= 0.3 is 0 Å². The molecule has 0 aliphatic heterocycles. The van der Waals surface area contributed by atoms with E-state index in [0.29, 0.717) is 0 Å². The van der Waals surface area contributed by atoms with Crippen molar-refractivity contribution >= 4 is 16.9 Å². The summed E-state index contributed by atoms with van der Waals surface area (Å²) in [5, 5.41) is 11.6. The van der Waals surface area contributed by atoms with Crippen molar-refractivity contribution in [2.45, 2.75) is 0 Å². The highest BCUT2D eigenvalue weighted by molar-refractivity contribution is 5.85. The molecule has 0 saturated carbocycles. The number of anilines is 1. The normalized spacial score (nSPS) is 11.0. The Labute approximate surface area is 106 Å². The number of methoxy groups -OCH3 is 1. The first-order chi connectivity index (χ1) is 8.83. The Morgan fingerprint density at radius 3 is 3.00 bits per heavy atom. The number of nitrogens with zero attached hydrogens (tertiary/aromatic N) is 4. The van der Waals surface area contributed by atoms with Crippen LogP contribution in [0.3, 0.4) is 0 Å². The highest BCUT2D eigenvalue weighted by Gasteiger charge is 2.06. The summed E-state index contributed by atoms with van der Waals surface area (Å²) in [4.78, 5) is 8.41. The second-order valence-corrected chi connectivity index (χ2v) is 3.90. The van der Waals surface area contributed by atoms with Gasteiger partial charge in [0.05, 0.1) is 18.2 Å². The molecule has 2 rings (SSSR count). The average molecular weight is 250 g/mol. The van der Waals surface area contributed by atoms with Crippen LogP contribution in [0.5, 0.6) is 0 Å². The highest BCUT2D eigenvalue weighted by atomic mass is 16.5. The summed E-state index contributed by atoms with van der Waals surface area (Å²) < 4.78 is 6.69. The molecule has 7 heteroatoms. The first-order valence-corrected chi connectivity index (χ1v) is 5.89. The van der Waals surface area contributed by atoms with E-state index in [2.05, 4.69) is 25.7 Å². The van der Waals surface area contributed by atoms with E-state index in [4.69, 9.17) is 4.74 Å². The fourth-order valence-corrected chi connectivity index (χ4v) is 1.67. The number of ether oxygens (including phenoxy) is 1. The first-order valence-electron chi connectivity index (χ1n) is 5.89. The van der Waals surface area contributed by atoms with Crippen LogP contribution in [0.15, 0.2) is 12.5 Å². The Hall–Kier alpha value is -1.73. The fraction of sp³-hybridized carbons (Fsp3) is 0.545. The molecule has 2 heterocycles. The molecule has 2 aromatic heterocycles. The molecule has 0 amide bonds. The Balaban J connectivity index is 1.88. The Morgan fingerprint density at radius 1 is 1.28 bits per heavy atom. The van der Waals surface area contributed by atoms with Crippen LogP contribution in [0.1, 0.15) is 0 Å². The van der Waals surface area contributed by atoms with Crippen molar-refractivity contribution in [3.05, 3.63) is 12.5 Å². The molecule has 0 bridgehead atoms. The minimum Gasteiger partial charge on any atom is -0.383 e. The van der Waals surface area contributed by atoms with Crippen molar-refractivity contribution < 1.29 is 4.74 Å². The lowest BCUT2D eigenvalue weighted by atomic mass is 10.4. The van der Waals surface area contributed by atoms with Crippen LogP contribution in [-0.2, 0) is 11.8 Å². The summed E-state index contributed by atoms with van der Waals surface area (Å²) in [6, 6.07) is 0. The smallest absolute Gasteiger partial charge is 0.163 e. The molecule has 0 saturated heterocycles. The molecule has 18 heavy (non-hydrogen) atoms. The van der Waals surface area contributed by atoms with E-state index in [1.54, 1.807) is 24.3 Å². The van der Waals surface area contributed by atoms with Crippen LogP contribution < -0.4 is 10.6 Å². The van der Waals surface area contributed by atoms with E-state index in [9.17, 15) is 0 Å². The molecular formula is C11H18N6O. The fourth-order valence-electron chi connectivity index (χ4n) is 1.67. The third-order valence-electron chi connectivity index (χ3n) is 2.61. The number of hydrogen-bond acceptors (Lipinski definition) is 6. The maximum atomic E-state index is 4.95. The Bertz CT molecular complexity index is 497. The van der Waals surface area contributed by atoms with Crippen LogP contribution >= 0.6 is 0 Å². The van der Waals surface area contributed by atoms with Gasteiger partial charge in [0, 0.05) is 33.8 Å². The molecule has 2 N–H and O–H groups in total. The standard InChI is InChI=1S/C11H18N6O/c1-17-11-9(7-16-17)10(14-8-15-11)13-4-3-12-5-6-18-2/h7-8,12H,3-6H2,1-2H3,(H,13,14,15). The lowest BCUT2D eigenvalue weighted by Crippen LogP contribution is -2.25. The van der Waals surface area contributed by atoms with E-state index in [1.807, 2.05) is 7.05 Å². The summed E-state index contributed by atoms with van der Waals surface area (Å²) >= 11 is 0. The lowest BCUT2D eigenvalue weighted by molar-refractivity contribution is 0.200. The van der Waals surface area contributed by atoms with Crippen LogP contribution in [0.25, 0.3) is 11.0 Å². The topological polar surface area (TPSA) is 76.9 Å². The molecule has 0 fully saturated rings. The van der Waals surface area contributed by atoms with Crippen LogP contribution in [0, 0.1) is 0 Å². The predicted molar refractivity (Wildman–Crippen MR) is 69.5 cm³/mol. The zero-order chi connectivity index (χ0) is 12.8. The number of aryl methyl sites for hydroxylation is 1. The van der Waals surface area contributed by atoms with E-state index in [-0.39, 0.29) is 0 Å². The molecular weight excluding hydrogens is 232 g/mol. The third kappa shape index (κ3) is 2.93. The number of rotatable bonds is 7. The maximum Gasteiger partial charge on any atom is 0.163 e. The maximum absolute atomic E-state index is 4.95. The molecule has 0 unspecified atom stereocenters. The number of nitrogens with one attached hydrogen (secondary N) is 2. The van der Waals surface area contributed by atoms with Crippen LogP contribution in [-0.4, -0.2) is 53.1 Å². The summed E-state index contributed by atoms with van der Waals surface area (Å²) in [7, 11) is 3.56. The van der Waals surface area contributed by atoms with Gasteiger partial charge in [-0.25, -0.2) is 9.97 Å². The number of hydrogen-bond donors (Lipinski definition) is 2. The van der Waals surface area contributed by atoms with E-state index < -0.39 is 0 Å². The summed E-state index contributed by atoms with van der Waals surface area (Å²) in [5.41, 5.74) is 0.833. The predicted octanol–water partition coefficient (Wildman–Crippen LogP) is 0.0112. The third-order valence-corrected chi connectivity index (χ3v) is 2.61. The molecule has 7 nitrogen and oxygen atoms in total. The van der Waals surface area contributed by atoms with Gasteiger partial charge in [0.2, 0.25) is 0 Å². The molecule has 0 spiro atoms. The van der Waals surface area contributed by atoms with Gasteiger partial charge in [0.1, 0.15) is 12.1 Å². The van der Waals surface area contributed by atoms with E-state index in [1.165, 1.54) is 0 Å². The van der Waals surface area contributed by atoms with Gasteiger partial charge in [-0.15, -0.1) is 0 Å². The van der Waals surface area contributed by atoms with Gasteiger partial charge in [0.25, 0.3) is 0 Å². The van der Waals surface area contributed by atoms with Gasteiger partial charge in [-0.2, -0.15) is 5.10 Å². The zero-order valence-corrected chi connectivity index (χ0v) is 10.7. The second kappa shape index (κ2) is 6.27. The monoisotopic (exact) mass is 250 g/mol. The molecule has 2 aromatic rings. The molecule has 0 radical (unpaired) electrons. The van der Waals surface area contributed by atoms with Crippen molar-refractivity contribution in [1.82, 2.24) is 25.1 Å². The zero-order valence-electron chi connectivity index (χ0n) is 10.7. The lowest BCUT2D eigenvalue weighted by Gasteiger charge is -2.07. The van der Waals surface area contributed by atoms with Crippen molar-refractivity contribution in [1.29, 1.82) is 0 Å². The van der Waals surface area contributed by atoms with Gasteiger partial charge in [-0.1, -0.05) is 0 Å². The van der Waals surface area contributed by atoms with Crippen molar-refractivity contribution in [2.75, 3.05) is 38.7 Å². The average Bonchev–Trinajstić information content (AvgIpc) is 2.77. The molecule has 0 aliphatic rings. The van der Waals surface area contributed by atoms with Crippen molar-refractivity contribution in [3.8, 4) is 0 Å². The quantitative estimate of drug-likeness (QED) is 0.674. The number of fused-ring (bicyclic) bond motifs is 1.